The average molecular weight is 218 g/mol. The van der Waals surface area contributed by atoms with E-state index < -0.39 is 0 Å². The molecule has 16 heavy (non-hydrogen) atoms. The molecule has 1 heterocycles. The quantitative estimate of drug-likeness (QED) is 0.768. The van der Waals surface area contributed by atoms with Crippen molar-refractivity contribution in [1.29, 1.82) is 5.26 Å². The van der Waals surface area contributed by atoms with Crippen LogP contribution in [0.25, 0.3) is 0 Å². The molecule has 0 amide bonds. The van der Waals surface area contributed by atoms with Gasteiger partial charge in [-0.15, -0.1) is 0 Å². The fourth-order valence-corrected chi connectivity index (χ4v) is 1.70. The third kappa shape index (κ3) is 2.47. The summed E-state index contributed by atoms with van der Waals surface area (Å²) in [5.74, 6) is 0.489. The van der Waals surface area contributed by atoms with Gasteiger partial charge in [0, 0.05) is 19.3 Å². The minimum Gasteiger partial charge on any atom is -0.396 e. The first-order valence-electron chi connectivity index (χ1n) is 5.36. The second kappa shape index (κ2) is 4.45. The summed E-state index contributed by atoms with van der Waals surface area (Å²) in [6.45, 7) is 0.989. The van der Waals surface area contributed by atoms with E-state index in [0.29, 0.717) is 11.6 Å². The minimum atomic E-state index is 0.223. The van der Waals surface area contributed by atoms with Crippen LogP contribution in [0.15, 0.2) is 12.3 Å². The molecule has 5 heteroatoms. The van der Waals surface area contributed by atoms with Crippen molar-refractivity contribution in [1.82, 2.24) is 9.97 Å². The first kappa shape index (κ1) is 10.8. The Kier molecular flexibility index (Phi) is 3.02. The third-order valence-corrected chi connectivity index (χ3v) is 2.99. The molecule has 0 spiro atoms. The van der Waals surface area contributed by atoms with Crippen LogP contribution in [0.1, 0.15) is 25.0 Å². The fraction of sp³-hybridized carbons (Fsp3) is 0.545. The highest BCUT2D eigenvalue weighted by atomic mass is 16.3. The fourth-order valence-electron chi connectivity index (χ4n) is 1.70. The number of hydrogen-bond donors (Lipinski definition) is 2. The number of anilines is 1. The van der Waals surface area contributed by atoms with Crippen LogP contribution in [0.4, 0.5) is 5.95 Å². The van der Waals surface area contributed by atoms with Crippen LogP contribution in [0.3, 0.4) is 0 Å². The van der Waals surface area contributed by atoms with Crippen molar-refractivity contribution in [3.8, 4) is 6.07 Å². The van der Waals surface area contributed by atoms with E-state index in [9.17, 15) is 0 Å². The number of nitrogens with zero attached hydrogens (tertiary/aromatic N) is 3. The van der Waals surface area contributed by atoms with Crippen molar-refractivity contribution in [2.75, 3.05) is 18.5 Å². The van der Waals surface area contributed by atoms with E-state index in [0.717, 1.165) is 25.8 Å². The van der Waals surface area contributed by atoms with Crippen molar-refractivity contribution < 1.29 is 5.11 Å². The Bertz CT molecular complexity index is 409. The highest BCUT2D eigenvalue weighted by Gasteiger charge is 2.41. The van der Waals surface area contributed by atoms with Crippen molar-refractivity contribution in [3.05, 3.63) is 18.0 Å². The van der Waals surface area contributed by atoms with Crippen molar-refractivity contribution in [3.63, 3.8) is 0 Å². The maximum atomic E-state index is 8.92. The maximum Gasteiger partial charge on any atom is 0.223 e. The number of aromatic nitrogens is 2. The number of nitriles is 1. The third-order valence-electron chi connectivity index (χ3n) is 2.99. The molecule has 84 valence electrons. The predicted octanol–water partition coefficient (Wildman–Crippen LogP) is 0.923. The van der Waals surface area contributed by atoms with Crippen LogP contribution in [0, 0.1) is 16.7 Å². The van der Waals surface area contributed by atoms with Crippen LogP contribution in [0.5, 0.6) is 0 Å². The molecule has 5 nitrogen and oxygen atoms in total. The van der Waals surface area contributed by atoms with Gasteiger partial charge < -0.3 is 10.4 Å². The molecule has 1 aliphatic carbocycles. The summed E-state index contributed by atoms with van der Waals surface area (Å²) in [7, 11) is 0. The molecule has 2 N–H and O–H groups in total. The van der Waals surface area contributed by atoms with Gasteiger partial charge in [0.05, 0.1) is 0 Å². The van der Waals surface area contributed by atoms with Crippen LogP contribution in [0.2, 0.25) is 0 Å². The van der Waals surface area contributed by atoms with Gasteiger partial charge in [0.25, 0.3) is 0 Å². The van der Waals surface area contributed by atoms with E-state index in [2.05, 4.69) is 15.3 Å². The summed E-state index contributed by atoms with van der Waals surface area (Å²) in [6, 6.07) is 3.55. The molecule has 0 atom stereocenters. The summed E-state index contributed by atoms with van der Waals surface area (Å²) in [5, 5.41) is 20.7. The van der Waals surface area contributed by atoms with Crippen LogP contribution in [-0.4, -0.2) is 28.2 Å². The smallest absolute Gasteiger partial charge is 0.223 e. The summed E-state index contributed by atoms with van der Waals surface area (Å²) in [5.41, 5.74) is 0.588. The van der Waals surface area contributed by atoms with Gasteiger partial charge in [0.15, 0.2) is 0 Å². The van der Waals surface area contributed by atoms with Crippen LogP contribution < -0.4 is 5.32 Å². The van der Waals surface area contributed by atoms with Crippen molar-refractivity contribution in [2.24, 2.45) is 5.41 Å². The highest BCUT2D eigenvalue weighted by Crippen LogP contribution is 2.48. The first-order chi connectivity index (χ1) is 7.78. The molecule has 0 aliphatic heterocycles. The Balaban J connectivity index is 1.92. The minimum absolute atomic E-state index is 0.223. The molecular weight excluding hydrogens is 204 g/mol. The van der Waals surface area contributed by atoms with Gasteiger partial charge in [-0.05, 0) is 30.7 Å². The van der Waals surface area contributed by atoms with Crippen LogP contribution >= 0.6 is 0 Å². The first-order valence-corrected chi connectivity index (χ1v) is 5.36. The molecule has 0 saturated heterocycles. The molecule has 1 fully saturated rings. The Labute approximate surface area is 94.2 Å². The zero-order valence-electron chi connectivity index (χ0n) is 8.98. The van der Waals surface area contributed by atoms with Gasteiger partial charge >= 0.3 is 0 Å². The van der Waals surface area contributed by atoms with E-state index in [1.807, 2.05) is 6.07 Å². The van der Waals surface area contributed by atoms with Crippen LogP contribution in [-0.2, 0) is 0 Å². The van der Waals surface area contributed by atoms with Gasteiger partial charge in [0.2, 0.25) is 5.95 Å². The largest absolute Gasteiger partial charge is 0.396 e. The molecule has 1 aliphatic rings. The maximum absolute atomic E-state index is 8.92. The lowest BCUT2D eigenvalue weighted by molar-refractivity contribution is 0.253. The summed E-state index contributed by atoms with van der Waals surface area (Å²) < 4.78 is 0. The van der Waals surface area contributed by atoms with Gasteiger partial charge in [-0.1, -0.05) is 0 Å². The summed E-state index contributed by atoms with van der Waals surface area (Å²) in [4.78, 5) is 8.08. The van der Waals surface area contributed by atoms with Gasteiger partial charge in [-0.3, -0.25) is 0 Å². The van der Waals surface area contributed by atoms with E-state index in [-0.39, 0.29) is 12.0 Å². The molecular formula is C11H14N4O. The zero-order chi connectivity index (χ0) is 11.4. The predicted molar refractivity (Wildman–Crippen MR) is 58.6 cm³/mol. The summed E-state index contributed by atoms with van der Waals surface area (Å²) >= 11 is 0. The van der Waals surface area contributed by atoms with E-state index >= 15 is 0 Å². The van der Waals surface area contributed by atoms with Crippen molar-refractivity contribution in [2.45, 2.75) is 19.3 Å². The second-order valence-corrected chi connectivity index (χ2v) is 4.20. The topological polar surface area (TPSA) is 81.8 Å². The molecule has 1 aromatic rings. The number of aliphatic hydroxyl groups is 1. The lowest BCUT2D eigenvalue weighted by atomic mass is 10.0. The number of aliphatic hydroxyl groups excluding tert-OH is 1. The number of rotatable bonds is 5. The standard InChI is InChI=1S/C11H14N4O/c12-7-9-1-5-13-10(15-9)14-8-11(2-3-11)4-6-16/h1,5,16H,2-4,6,8H2,(H,13,14,15). The average Bonchev–Trinajstić information content (AvgIpc) is 3.08. The second-order valence-electron chi connectivity index (χ2n) is 4.20. The normalized spacial score (nSPS) is 16.5. The van der Waals surface area contributed by atoms with Gasteiger partial charge in [0.1, 0.15) is 11.8 Å². The molecule has 0 aromatic carbocycles. The molecule has 1 aromatic heterocycles. The SMILES string of the molecule is N#Cc1ccnc(NCC2(CCO)CC2)n1. The molecule has 1 saturated carbocycles. The van der Waals surface area contributed by atoms with E-state index in [4.69, 9.17) is 10.4 Å². The highest BCUT2D eigenvalue weighted by molar-refractivity contribution is 5.30. The van der Waals surface area contributed by atoms with Gasteiger partial charge in [-0.2, -0.15) is 5.26 Å². The Morgan fingerprint density at radius 1 is 1.56 bits per heavy atom. The monoisotopic (exact) mass is 218 g/mol. The zero-order valence-corrected chi connectivity index (χ0v) is 8.98. The number of nitrogens with one attached hydrogen (secondary N) is 1. The Morgan fingerprint density at radius 2 is 2.38 bits per heavy atom. The molecule has 0 bridgehead atoms. The summed E-state index contributed by atoms with van der Waals surface area (Å²) in [6.07, 6.45) is 4.66. The van der Waals surface area contributed by atoms with Gasteiger partial charge in [-0.25, -0.2) is 9.97 Å². The molecule has 0 radical (unpaired) electrons. The van der Waals surface area contributed by atoms with E-state index in [1.165, 1.54) is 0 Å². The Hall–Kier alpha value is -1.67. The number of hydrogen-bond acceptors (Lipinski definition) is 5. The van der Waals surface area contributed by atoms with E-state index in [1.54, 1.807) is 12.3 Å². The Morgan fingerprint density at radius 3 is 3.00 bits per heavy atom. The lowest BCUT2D eigenvalue weighted by Crippen LogP contribution is -2.18. The van der Waals surface area contributed by atoms with Crippen molar-refractivity contribution >= 4 is 5.95 Å². The lowest BCUT2D eigenvalue weighted by Gasteiger charge is -2.14. The molecule has 2 rings (SSSR count). The molecule has 0 unspecified atom stereocenters.